The molecule has 300 valence electrons. The molecule has 4 aromatic carbocycles. The summed E-state index contributed by atoms with van der Waals surface area (Å²) >= 11 is 0. The highest BCUT2D eigenvalue weighted by atomic mass is 16.6. The fraction of sp³-hybridized carbons (Fsp3) is 0.458. The van der Waals surface area contributed by atoms with E-state index in [0.29, 0.717) is 11.1 Å². The molecule has 1 aliphatic rings. The number of esters is 2. The lowest BCUT2D eigenvalue weighted by Crippen LogP contribution is -2.48. The molecule has 0 aromatic heterocycles. The number of benzene rings is 4. The number of carbonyl (C=O) groups is 2. The molecule has 56 heavy (non-hydrogen) atoms. The fourth-order valence-electron chi connectivity index (χ4n) is 8.35. The predicted molar refractivity (Wildman–Crippen MR) is 230 cm³/mol. The van der Waals surface area contributed by atoms with Crippen molar-refractivity contribution in [3.63, 3.8) is 0 Å². The first-order valence-electron chi connectivity index (χ1n) is 21.0. The predicted octanol–water partition coefficient (Wildman–Crippen LogP) is 10.7. The Morgan fingerprint density at radius 1 is 0.607 bits per heavy atom. The van der Waals surface area contributed by atoms with Gasteiger partial charge >= 0.3 is 11.9 Å². The van der Waals surface area contributed by atoms with E-state index in [1.54, 1.807) is 24.3 Å². The second-order valence-corrected chi connectivity index (χ2v) is 15.4. The van der Waals surface area contributed by atoms with Crippen LogP contribution in [0.5, 0.6) is 0 Å². The van der Waals surface area contributed by atoms with E-state index in [2.05, 4.69) is 76.4 Å². The molecule has 6 N–H and O–H groups in total. The van der Waals surface area contributed by atoms with Crippen LogP contribution in [0.25, 0.3) is 0 Å². The van der Waals surface area contributed by atoms with Gasteiger partial charge in [0.05, 0.1) is 17.0 Å². The molecule has 8 heteroatoms. The number of hydrogen-bond acceptors (Lipinski definition) is 8. The van der Waals surface area contributed by atoms with Gasteiger partial charge in [-0.3, -0.25) is 0 Å². The Morgan fingerprint density at radius 3 is 1.57 bits per heavy atom. The van der Waals surface area contributed by atoms with E-state index in [9.17, 15) is 9.59 Å². The summed E-state index contributed by atoms with van der Waals surface area (Å²) in [4.78, 5) is 28.5. The van der Waals surface area contributed by atoms with Crippen LogP contribution in [0, 0.1) is 6.92 Å². The molecule has 0 aliphatic heterocycles. The van der Waals surface area contributed by atoms with Crippen molar-refractivity contribution < 1.29 is 19.1 Å². The van der Waals surface area contributed by atoms with Gasteiger partial charge in [0, 0.05) is 42.5 Å². The van der Waals surface area contributed by atoms with Crippen molar-refractivity contribution in [3.05, 3.63) is 129 Å². The number of unbranched alkanes of at least 4 members (excludes halogenated alkanes) is 2. The maximum atomic E-state index is 14.4. The summed E-state index contributed by atoms with van der Waals surface area (Å²) in [6.45, 7) is 14.4. The van der Waals surface area contributed by atoms with Gasteiger partial charge in [-0.05, 0) is 102 Å². The zero-order valence-corrected chi connectivity index (χ0v) is 34.4. The highest BCUT2D eigenvalue weighted by Gasteiger charge is 2.50. The molecule has 0 amide bonds. The topological polar surface area (TPSA) is 129 Å². The SMILES string of the molecule is CCCCNc1ccc(NCCCC)c2c1C(C)C(OC(=O)c1ccccc1)C(OC(=O)c1ccccc1)C2c1c(C(N)CCC)ccc(C(N)CCC)c1C. The summed E-state index contributed by atoms with van der Waals surface area (Å²) in [6.07, 6.45) is 5.71. The summed E-state index contributed by atoms with van der Waals surface area (Å²) in [7, 11) is 0. The first kappa shape index (κ1) is 42.5. The lowest BCUT2D eigenvalue weighted by molar-refractivity contribution is -0.0531. The zero-order chi connectivity index (χ0) is 40.2. The lowest BCUT2D eigenvalue weighted by Gasteiger charge is -2.45. The van der Waals surface area contributed by atoms with Gasteiger partial charge in [0.2, 0.25) is 0 Å². The zero-order valence-electron chi connectivity index (χ0n) is 34.4. The standard InChI is InChI=1S/C48H64N4O4/c1-7-11-29-51-39-27-28-40(52-30-12-8-2)43-42(39)32(6)45(55-47(53)33-21-15-13-16-22-33)46(56-48(54)34-23-17-14-18-24-34)44(43)41-31(5)35(37(49)19-9-3)25-26-36(41)38(50)20-10-4/h13-18,21-28,32,37-38,44-46,51-52H,7-12,19-20,29-30,49-50H2,1-6H3. The monoisotopic (exact) mass is 760 g/mol. The number of nitrogens with two attached hydrogens (primary N) is 2. The number of ether oxygens (including phenoxy) is 2. The molecule has 1 aliphatic carbocycles. The Morgan fingerprint density at radius 2 is 1.07 bits per heavy atom. The van der Waals surface area contributed by atoms with Crippen LogP contribution in [0.2, 0.25) is 0 Å². The van der Waals surface area contributed by atoms with E-state index in [0.717, 1.165) is 109 Å². The van der Waals surface area contributed by atoms with Crippen molar-refractivity contribution in [1.82, 2.24) is 0 Å². The minimum Gasteiger partial charge on any atom is -0.454 e. The quantitative estimate of drug-likeness (QED) is 0.0549. The second kappa shape index (κ2) is 20.5. The molecule has 6 unspecified atom stereocenters. The Labute approximate surface area is 335 Å². The first-order valence-corrected chi connectivity index (χ1v) is 21.0. The molecular weight excluding hydrogens is 697 g/mol. The van der Waals surface area contributed by atoms with Gasteiger partial charge in [-0.25, -0.2) is 9.59 Å². The van der Waals surface area contributed by atoms with E-state index < -0.39 is 30.1 Å². The second-order valence-electron chi connectivity index (χ2n) is 15.4. The van der Waals surface area contributed by atoms with Crippen molar-refractivity contribution in [2.75, 3.05) is 23.7 Å². The van der Waals surface area contributed by atoms with E-state index in [1.165, 1.54) is 0 Å². The Hall–Kier alpha value is -4.66. The van der Waals surface area contributed by atoms with Crippen LogP contribution in [0.3, 0.4) is 0 Å². The number of rotatable bonds is 19. The van der Waals surface area contributed by atoms with Gasteiger partial charge in [-0.1, -0.05) is 109 Å². The van der Waals surface area contributed by atoms with E-state index >= 15 is 0 Å². The number of anilines is 2. The normalized spacial score (nSPS) is 18.7. The molecule has 0 spiro atoms. The van der Waals surface area contributed by atoms with Gasteiger partial charge in [-0.15, -0.1) is 0 Å². The van der Waals surface area contributed by atoms with Gasteiger partial charge in [0.1, 0.15) is 6.10 Å². The van der Waals surface area contributed by atoms with Crippen LogP contribution >= 0.6 is 0 Å². The van der Waals surface area contributed by atoms with Crippen molar-refractivity contribution in [2.45, 2.75) is 129 Å². The molecule has 0 bridgehead atoms. The number of nitrogens with one attached hydrogen (secondary N) is 2. The molecule has 0 saturated heterocycles. The summed E-state index contributed by atoms with van der Waals surface area (Å²) in [5.74, 6) is -1.88. The van der Waals surface area contributed by atoms with Crippen molar-refractivity contribution in [2.24, 2.45) is 11.5 Å². The van der Waals surface area contributed by atoms with Crippen LogP contribution in [-0.2, 0) is 9.47 Å². The van der Waals surface area contributed by atoms with Gasteiger partial charge in [0.15, 0.2) is 6.10 Å². The average molecular weight is 761 g/mol. The minimum atomic E-state index is -0.917. The molecule has 5 rings (SSSR count). The summed E-state index contributed by atoms with van der Waals surface area (Å²) in [5.41, 5.74) is 23.0. The molecule has 4 aromatic rings. The maximum absolute atomic E-state index is 14.4. The van der Waals surface area contributed by atoms with Crippen LogP contribution in [0.4, 0.5) is 11.4 Å². The minimum absolute atomic E-state index is 0.196. The summed E-state index contributed by atoms with van der Waals surface area (Å²) in [6, 6.07) is 26.2. The van der Waals surface area contributed by atoms with Gasteiger partial charge in [-0.2, -0.15) is 0 Å². The molecule has 8 nitrogen and oxygen atoms in total. The molecule has 0 fully saturated rings. The van der Waals surface area contributed by atoms with Crippen LogP contribution in [-0.4, -0.2) is 37.2 Å². The van der Waals surface area contributed by atoms with Crippen LogP contribution in [0.1, 0.15) is 164 Å². The molecular formula is C48H64N4O4. The summed E-state index contributed by atoms with van der Waals surface area (Å²) in [5, 5.41) is 7.55. The van der Waals surface area contributed by atoms with E-state index in [-0.39, 0.29) is 18.0 Å². The fourth-order valence-corrected chi connectivity index (χ4v) is 8.35. The molecule has 6 atom stereocenters. The number of fused-ring (bicyclic) bond motifs is 1. The van der Waals surface area contributed by atoms with Crippen LogP contribution < -0.4 is 22.1 Å². The molecule has 0 radical (unpaired) electrons. The first-order chi connectivity index (χ1) is 27.2. The van der Waals surface area contributed by atoms with Gasteiger partial charge < -0.3 is 31.6 Å². The lowest BCUT2D eigenvalue weighted by atomic mass is 9.67. The molecule has 0 heterocycles. The Kier molecular flexibility index (Phi) is 15.5. The number of carbonyl (C=O) groups excluding carboxylic acids is 2. The van der Waals surface area contributed by atoms with Crippen LogP contribution in [0.15, 0.2) is 84.9 Å². The highest BCUT2D eigenvalue weighted by molar-refractivity contribution is 5.91. The van der Waals surface area contributed by atoms with Gasteiger partial charge in [0.25, 0.3) is 0 Å². The van der Waals surface area contributed by atoms with Crippen molar-refractivity contribution >= 4 is 23.3 Å². The Bertz CT molecular complexity index is 1880. The third kappa shape index (κ3) is 9.64. The smallest absolute Gasteiger partial charge is 0.338 e. The Balaban J connectivity index is 1.88. The summed E-state index contributed by atoms with van der Waals surface area (Å²) < 4.78 is 13.5. The van der Waals surface area contributed by atoms with E-state index in [4.69, 9.17) is 20.9 Å². The third-order valence-corrected chi connectivity index (χ3v) is 11.3. The average Bonchev–Trinajstić information content (AvgIpc) is 3.21. The van der Waals surface area contributed by atoms with Crippen molar-refractivity contribution in [1.29, 1.82) is 0 Å². The van der Waals surface area contributed by atoms with E-state index in [1.807, 2.05) is 36.4 Å². The maximum Gasteiger partial charge on any atom is 0.338 e. The van der Waals surface area contributed by atoms with Crippen molar-refractivity contribution in [3.8, 4) is 0 Å². The third-order valence-electron chi connectivity index (χ3n) is 11.3. The highest BCUT2D eigenvalue weighted by Crippen LogP contribution is 2.53. The number of hydrogen-bond donors (Lipinski definition) is 4. The largest absolute Gasteiger partial charge is 0.454 e. The molecule has 0 saturated carbocycles.